The van der Waals surface area contributed by atoms with Gasteiger partial charge in [-0.25, -0.2) is 4.57 Å². The van der Waals surface area contributed by atoms with Crippen molar-refractivity contribution in [3.8, 4) is 0 Å². The Kier molecular flexibility index (Phi) is 44.3. The lowest BCUT2D eigenvalue weighted by Gasteiger charge is -2.24. The van der Waals surface area contributed by atoms with E-state index in [0.29, 0.717) is 17.4 Å². The molecule has 0 aliphatic carbocycles. The molecule has 0 aliphatic heterocycles. The fraction of sp³-hybridized carbons (Fsp3) is 0.709. The third-order valence-corrected chi connectivity index (χ3v) is 11.6. The maximum Gasteiger partial charge on any atom is 0.472 e. The first-order chi connectivity index (χ1) is 31.5. The maximum absolute atomic E-state index is 12.8. The summed E-state index contributed by atoms with van der Waals surface area (Å²) in [5.74, 6) is -0.836. The van der Waals surface area contributed by atoms with Gasteiger partial charge in [-0.05, 0) is 89.9 Å². The summed E-state index contributed by atoms with van der Waals surface area (Å²) < 4.78 is 34.4. The summed E-state index contributed by atoms with van der Waals surface area (Å²) in [5.41, 5.74) is 0. The van der Waals surface area contributed by atoms with Crippen molar-refractivity contribution in [2.24, 2.45) is 0 Å². The van der Waals surface area contributed by atoms with Crippen LogP contribution in [0, 0.1) is 0 Å². The number of carbonyl (C=O) groups is 2. The third kappa shape index (κ3) is 50.4. The van der Waals surface area contributed by atoms with Crippen LogP contribution in [0.3, 0.4) is 0 Å². The van der Waals surface area contributed by atoms with E-state index in [-0.39, 0.29) is 32.0 Å². The Morgan fingerprint density at radius 3 is 1.32 bits per heavy atom. The molecule has 0 rings (SSSR count). The van der Waals surface area contributed by atoms with Gasteiger partial charge in [0.25, 0.3) is 0 Å². The number of carbonyl (C=O) groups excluding carboxylic acids is 2. The van der Waals surface area contributed by atoms with E-state index < -0.39 is 26.5 Å². The molecule has 374 valence electrons. The van der Waals surface area contributed by atoms with Crippen LogP contribution in [0.4, 0.5) is 0 Å². The van der Waals surface area contributed by atoms with E-state index in [9.17, 15) is 19.0 Å². The molecular weight excluding hydrogens is 834 g/mol. The summed E-state index contributed by atoms with van der Waals surface area (Å²) >= 11 is 0. The molecule has 0 aromatic heterocycles. The number of phosphoric acid groups is 1. The van der Waals surface area contributed by atoms with Crippen molar-refractivity contribution in [1.82, 2.24) is 0 Å². The number of rotatable bonds is 46. The highest BCUT2D eigenvalue weighted by atomic mass is 31.2. The number of likely N-dealkylation sites (N-methyl/N-ethyl adjacent to an activating group) is 1. The summed E-state index contributed by atoms with van der Waals surface area (Å²) in [6.07, 6.45) is 60.6. The molecule has 65 heavy (non-hydrogen) atoms. The first-order valence-electron chi connectivity index (χ1n) is 25.8. The van der Waals surface area contributed by atoms with Gasteiger partial charge in [0, 0.05) is 12.8 Å². The molecule has 2 atom stereocenters. The van der Waals surface area contributed by atoms with Crippen LogP contribution >= 0.6 is 7.82 Å². The van der Waals surface area contributed by atoms with Gasteiger partial charge in [0.2, 0.25) is 0 Å². The smallest absolute Gasteiger partial charge is 0.462 e. The van der Waals surface area contributed by atoms with E-state index in [1.54, 1.807) is 0 Å². The Labute approximate surface area is 399 Å². The van der Waals surface area contributed by atoms with Crippen molar-refractivity contribution in [1.29, 1.82) is 0 Å². The molecule has 0 fully saturated rings. The van der Waals surface area contributed by atoms with E-state index in [2.05, 4.69) is 98.9 Å². The summed E-state index contributed by atoms with van der Waals surface area (Å²) in [6, 6.07) is 0. The number of esters is 2. The zero-order chi connectivity index (χ0) is 47.8. The molecule has 0 aromatic rings. The number of quaternary nitrogens is 1. The number of allylic oxidation sites excluding steroid dienone is 14. The van der Waals surface area contributed by atoms with E-state index in [0.717, 1.165) is 96.3 Å². The van der Waals surface area contributed by atoms with Crippen LogP contribution < -0.4 is 0 Å². The van der Waals surface area contributed by atoms with Crippen LogP contribution in [0.5, 0.6) is 0 Å². The van der Waals surface area contributed by atoms with Crippen molar-refractivity contribution in [3.63, 3.8) is 0 Å². The van der Waals surface area contributed by atoms with Gasteiger partial charge in [-0.15, -0.1) is 0 Å². The highest BCUT2D eigenvalue weighted by Gasteiger charge is 2.27. The van der Waals surface area contributed by atoms with Crippen LogP contribution in [0.15, 0.2) is 85.1 Å². The molecule has 0 aromatic carbocycles. The maximum atomic E-state index is 12.8. The number of ether oxygens (including phenoxy) is 2. The molecule has 0 amide bonds. The minimum Gasteiger partial charge on any atom is -0.462 e. The van der Waals surface area contributed by atoms with Gasteiger partial charge in [0.05, 0.1) is 27.7 Å². The summed E-state index contributed by atoms with van der Waals surface area (Å²) in [7, 11) is 1.44. The zero-order valence-electron chi connectivity index (χ0n) is 42.2. The molecule has 0 saturated heterocycles. The molecule has 0 spiro atoms. The quantitative estimate of drug-likeness (QED) is 0.0211. The topological polar surface area (TPSA) is 108 Å². The predicted octanol–water partition coefficient (Wildman–Crippen LogP) is 15.5. The van der Waals surface area contributed by atoms with Gasteiger partial charge >= 0.3 is 19.8 Å². The molecule has 10 heteroatoms. The SMILES string of the molecule is CC/C=C\C/C=C\C/C=C\C/C=C\C/C=C\C/C=C\CCCCCCC(=O)OC(COC(=O)CCCCCCCCC/C=C\CCCCCCCCC)COP(=O)(O)OCC[N+](C)(C)C. The molecular formula is C55H97NO8P+. The number of nitrogens with zero attached hydrogens (tertiary/aromatic N) is 1. The molecule has 0 aliphatic rings. The van der Waals surface area contributed by atoms with Crippen LogP contribution in [-0.4, -0.2) is 74.9 Å². The van der Waals surface area contributed by atoms with Gasteiger partial charge in [0.1, 0.15) is 19.8 Å². The summed E-state index contributed by atoms with van der Waals surface area (Å²) in [6.45, 7) is 4.27. The largest absolute Gasteiger partial charge is 0.472 e. The van der Waals surface area contributed by atoms with E-state index in [4.69, 9.17) is 18.5 Å². The minimum atomic E-state index is -4.39. The number of hydrogen-bond donors (Lipinski definition) is 1. The molecule has 2 unspecified atom stereocenters. The van der Waals surface area contributed by atoms with Crippen LogP contribution in [0.2, 0.25) is 0 Å². The van der Waals surface area contributed by atoms with Gasteiger partial charge < -0.3 is 18.9 Å². The van der Waals surface area contributed by atoms with Gasteiger partial charge in [-0.3, -0.25) is 18.6 Å². The second-order valence-corrected chi connectivity index (χ2v) is 19.6. The molecule has 1 N–H and O–H groups in total. The van der Waals surface area contributed by atoms with Crippen molar-refractivity contribution >= 4 is 19.8 Å². The monoisotopic (exact) mass is 931 g/mol. The first kappa shape index (κ1) is 62.2. The van der Waals surface area contributed by atoms with E-state index in [1.807, 2.05) is 21.1 Å². The average Bonchev–Trinajstić information content (AvgIpc) is 3.26. The standard InChI is InChI=1S/C55H96NO8P/c1-6-8-10-12-14-16-18-20-22-24-26-27-28-29-30-32-34-36-38-40-42-44-46-48-55(58)64-53(52-63-65(59,60)62-50-49-56(3,4)5)51-61-54(57)47-45-43-41-39-37-35-33-31-25-23-21-19-17-15-13-11-9-7-2/h8,10,14,16,20,22-23,25-27,29-30,34,36,53H,6-7,9,11-13,15,17-19,21,24,28,31-33,35,37-52H2,1-5H3/p+1/b10-8-,16-14-,22-20-,25-23-,27-26-,30-29-,36-34-. The van der Waals surface area contributed by atoms with Crippen LogP contribution in [0.1, 0.15) is 200 Å². The highest BCUT2D eigenvalue weighted by molar-refractivity contribution is 7.47. The van der Waals surface area contributed by atoms with Gasteiger partial charge in [-0.2, -0.15) is 0 Å². The fourth-order valence-corrected chi connectivity index (χ4v) is 7.40. The zero-order valence-corrected chi connectivity index (χ0v) is 43.1. The summed E-state index contributed by atoms with van der Waals surface area (Å²) in [5, 5.41) is 0. The highest BCUT2D eigenvalue weighted by Crippen LogP contribution is 2.43. The third-order valence-electron chi connectivity index (χ3n) is 10.7. The Morgan fingerprint density at radius 2 is 0.877 bits per heavy atom. The normalized spacial score (nSPS) is 14.1. The van der Waals surface area contributed by atoms with Crippen LogP contribution in [0.25, 0.3) is 0 Å². The van der Waals surface area contributed by atoms with Crippen molar-refractivity contribution < 1.29 is 42.1 Å². The number of hydrogen-bond acceptors (Lipinski definition) is 7. The molecule has 0 radical (unpaired) electrons. The first-order valence-corrected chi connectivity index (χ1v) is 27.3. The Bertz CT molecular complexity index is 1380. The van der Waals surface area contributed by atoms with Gasteiger partial charge in [0.15, 0.2) is 6.10 Å². The lowest BCUT2D eigenvalue weighted by Crippen LogP contribution is -2.37. The minimum absolute atomic E-state index is 0.0214. The van der Waals surface area contributed by atoms with Crippen molar-refractivity contribution in [2.75, 3.05) is 47.5 Å². The molecule has 0 saturated carbocycles. The summed E-state index contributed by atoms with van der Waals surface area (Å²) in [4.78, 5) is 35.6. The Balaban J connectivity index is 4.34. The second kappa shape index (κ2) is 46.3. The number of phosphoric ester groups is 1. The van der Waals surface area contributed by atoms with Crippen molar-refractivity contribution in [2.45, 2.75) is 206 Å². The van der Waals surface area contributed by atoms with Crippen molar-refractivity contribution in [3.05, 3.63) is 85.1 Å². The lowest BCUT2D eigenvalue weighted by atomic mass is 10.1. The van der Waals surface area contributed by atoms with Crippen LogP contribution in [-0.2, 0) is 32.7 Å². The number of unbranched alkanes of at least 4 members (excludes halogenated alkanes) is 18. The lowest BCUT2D eigenvalue weighted by molar-refractivity contribution is -0.870. The average molecular weight is 931 g/mol. The van der Waals surface area contributed by atoms with E-state index in [1.165, 1.54) is 70.6 Å². The van der Waals surface area contributed by atoms with E-state index >= 15 is 0 Å². The Morgan fingerprint density at radius 1 is 0.492 bits per heavy atom. The fourth-order valence-electron chi connectivity index (χ4n) is 6.66. The molecule has 9 nitrogen and oxygen atoms in total. The molecule has 0 bridgehead atoms. The van der Waals surface area contributed by atoms with Gasteiger partial charge in [-0.1, -0.05) is 182 Å². The second-order valence-electron chi connectivity index (χ2n) is 18.2. The Hall–Kier alpha value is -2.81. The predicted molar refractivity (Wildman–Crippen MR) is 275 cm³/mol. The molecule has 0 heterocycles.